The molecule has 1 unspecified atom stereocenters. The largest absolute Gasteiger partial charge is 0.355 e. The Bertz CT molecular complexity index is 270. The van der Waals surface area contributed by atoms with Gasteiger partial charge in [-0.2, -0.15) is 0 Å². The molecular weight excluding hydrogens is 257 g/mol. The van der Waals surface area contributed by atoms with Crippen LogP contribution in [0.25, 0.3) is 0 Å². The van der Waals surface area contributed by atoms with Gasteiger partial charge >= 0.3 is 7.60 Å². The minimum absolute atomic E-state index is 0.377. The minimum atomic E-state index is -3.65. The van der Waals surface area contributed by atoms with E-state index in [0.717, 1.165) is 0 Å². The molecule has 0 saturated carbocycles. The fourth-order valence-corrected chi connectivity index (χ4v) is 3.18. The van der Waals surface area contributed by atoms with E-state index in [4.69, 9.17) is 20.6 Å². The molecule has 0 bridgehead atoms. The van der Waals surface area contributed by atoms with Gasteiger partial charge in [0.15, 0.2) is 5.12 Å². The van der Waals surface area contributed by atoms with Gasteiger partial charge in [-0.1, -0.05) is 0 Å². The van der Waals surface area contributed by atoms with Crippen molar-refractivity contribution < 1.29 is 18.5 Å². The Morgan fingerprint density at radius 3 is 1.88 bits per heavy atom. The quantitative estimate of drug-likeness (QED) is 0.308. The smallest absolute Gasteiger partial charge is 0.305 e. The van der Waals surface area contributed by atoms with Crippen LogP contribution >= 0.6 is 19.2 Å². The van der Waals surface area contributed by atoms with Gasteiger partial charge in [-0.25, -0.2) is 0 Å². The summed E-state index contributed by atoms with van der Waals surface area (Å²) in [5, 5.41) is 9.05. The van der Waals surface area contributed by atoms with Crippen LogP contribution in [0.4, 0.5) is 0 Å². The van der Waals surface area contributed by atoms with E-state index in [-0.39, 0.29) is 12.2 Å². The second-order valence-corrected chi connectivity index (χ2v) is 6.75. The Balaban J connectivity index is 4.76. The highest BCUT2D eigenvalue weighted by molar-refractivity contribution is 7.56. The third kappa shape index (κ3) is 5.80. The summed E-state index contributed by atoms with van der Waals surface area (Å²) in [6.07, 6.45) is -0.754. The maximum absolute atomic E-state index is 12.2. The molecule has 16 heavy (non-hydrogen) atoms. The van der Waals surface area contributed by atoms with Gasteiger partial charge in [0.25, 0.3) is 0 Å². The topological polar surface area (TPSA) is 78.7 Å². The predicted octanol–water partition coefficient (Wildman–Crippen LogP) is 2.87. The van der Waals surface area contributed by atoms with Crippen molar-refractivity contribution in [3.05, 3.63) is 10.1 Å². The first kappa shape index (κ1) is 15.8. The molecule has 1 atom stereocenters. The van der Waals surface area contributed by atoms with Crippen molar-refractivity contribution >= 4 is 19.2 Å². The van der Waals surface area contributed by atoms with E-state index in [1.54, 1.807) is 27.7 Å². The molecule has 0 radical (unpaired) electrons. The van der Waals surface area contributed by atoms with Crippen LogP contribution in [0.2, 0.25) is 0 Å². The van der Waals surface area contributed by atoms with Crippen molar-refractivity contribution in [2.75, 3.05) is 6.54 Å². The van der Waals surface area contributed by atoms with Crippen LogP contribution in [0.15, 0.2) is 0 Å². The average Bonchev–Trinajstić information content (AvgIpc) is 1.98. The highest BCUT2D eigenvalue weighted by atomic mass is 35.5. The van der Waals surface area contributed by atoms with E-state index in [0.29, 0.717) is 0 Å². The first-order valence-electron chi connectivity index (χ1n) is 4.89. The zero-order chi connectivity index (χ0) is 12.9. The molecular formula is C8H17ClNO5P. The third-order valence-corrected chi connectivity index (χ3v) is 4.49. The van der Waals surface area contributed by atoms with Gasteiger partial charge in [-0.3, -0.25) is 14.7 Å². The molecule has 0 heterocycles. The molecule has 0 aromatic carbocycles. The Labute approximate surface area is 99.9 Å². The molecule has 96 valence electrons. The summed E-state index contributed by atoms with van der Waals surface area (Å²) in [4.78, 5) is 9.68. The lowest BCUT2D eigenvalue weighted by Gasteiger charge is -2.24. The van der Waals surface area contributed by atoms with Crippen molar-refractivity contribution in [3.8, 4) is 0 Å². The van der Waals surface area contributed by atoms with Gasteiger partial charge in [0, 0.05) is 4.92 Å². The van der Waals surface area contributed by atoms with Crippen LogP contribution in [0.1, 0.15) is 27.7 Å². The van der Waals surface area contributed by atoms with Gasteiger partial charge in [-0.15, -0.1) is 11.6 Å². The van der Waals surface area contributed by atoms with E-state index in [9.17, 15) is 14.7 Å². The summed E-state index contributed by atoms with van der Waals surface area (Å²) in [6.45, 7) is 5.98. The summed E-state index contributed by atoms with van der Waals surface area (Å²) < 4.78 is 22.4. The fourth-order valence-electron chi connectivity index (χ4n) is 0.968. The molecule has 8 heteroatoms. The molecule has 0 aliphatic rings. The minimum Gasteiger partial charge on any atom is -0.305 e. The van der Waals surface area contributed by atoms with Crippen LogP contribution in [0.3, 0.4) is 0 Å². The number of hydrogen-bond acceptors (Lipinski definition) is 5. The summed E-state index contributed by atoms with van der Waals surface area (Å²) in [5.41, 5.74) is 0. The summed E-state index contributed by atoms with van der Waals surface area (Å²) in [5.74, 6) is 0. The van der Waals surface area contributed by atoms with E-state index >= 15 is 0 Å². The summed E-state index contributed by atoms with van der Waals surface area (Å²) >= 11 is 5.72. The molecule has 0 spiro atoms. The van der Waals surface area contributed by atoms with Gasteiger partial charge in [-0.05, 0) is 27.7 Å². The maximum Gasteiger partial charge on any atom is 0.355 e. The average molecular weight is 274 g/mol. The highest BCUT2D eigenvalue weighted by Gasteiger charge is 2.40. The van der Waals surface area contributed by atoms with E-state index in [2.05, 4.69) is 0 Å². The first-order chi connectivity index (χ1) is 7.17. The molecule has 0 aliphatic heterocycles. The Kier molecular flexibility index (Phi) is 6.48. The zero-order valence-corrected chi connectivity index (χ0v) is 11.4. The van der Waals surface area contributed by atoms with Crippen LogP contribution in [0, 0.1) is 10.1 Å². The van der Waals surface area contributed by atoms with Gasteiger partial charge < -0.3 is 9.05 Å². The number of hydrogen-bond donors (Lipinski definition) is 0. The molecule has 0 aliphatic carbocycles. The number of halogens is 1. The van der Waals surface area contributed by atoms with Crippen LogP contribution in [0.5, 0.6) is 0 Å². The molecule has 0 fully saturated rings. The van der Waals surface area contributed by atoms with Crippen LogP contribution < -0.4 is 0 Å². The maximum atomic E-state index is 12.2. The predicted molar refractivity (Wildman–Crippen MR) is 61.6 cm³/mol. The van der Waals surface area contributed by atoms with Crippen molar-refractivity contribution in [2.24, 2.45) is 0 Å². The molecule has 0 N–H and O–H groups in total. The van der Waals surface area contributed by atoms with Crippen molar-refractivity contribution in [3.63, 3.8) is 0 Å². The zero-order valence-electron chi connectivity index (χ0n) is 9.75. The molecule has 6 nitrogen and oxygen atoms in total. The number of nitro groups is 1. The van der Waals surface area contributed by atoms with Crippen molar-refractivity contribution in [1.82, 2.24) is 0 Å². The molecule has 0 aromatic rings. The first-order valence-corrected chi connectivity index (χ1v) is 6.94. The lowest BCUT2D eigenvalue weighted by Crippen LogP contribution is -2.20. The summed E-state index contributed by atoms with van der Waals surface area (Å²) in [6, 6.07) is 0. The molecule has 0 saturated heterocycles. The monoisotopic (exact) mass is 273 g/mol. The second-order valence-electron chi connectivity index (χ2n) is 3.80. The van der Waals surface area contributed by atoms with Gasteiger partial charge in [0.2, 0.25) is 6.54 Å². The van der Waals surface area contributed by atoms with E-state index < -0.39 is 24.2 Å². The molecule has 0 rings (SSSR count). The summed E-state index contributed by atoms with van der Waals surface area (Å²) in [7, 11) is -3.65. The van der Waals surface area contributed by atoms with Gasteiger partial charge in [0.1, 0.15) is 0 Å². The number of alkyl halides is 1. The molecule has 0 amide bonds. The Hall–Kier alpha value is -0.160. The lowest BCUT2D eigenvalue weighted by atomic mass is 10.5. The van der Waals surface area contributed by atoms with Crippen molar-refractivity contribution in [1.29, 1.82) is 0 Å². The highest BCUT2D eigenvalue weighted by Crippen LogP contribution is 2.56. The van der Waals surface area contributed by atoms with Crippen LogP contribution in [-0.2, 0) is 13.6 Å². The van der Waals surface area contributed by atoms with E-state index in [1.807, 2.05) is 0 Å². The van der Waals surface area contributed by atoms with Crippen LogP contribution in [-0.4, -0.2) is 28.8 Å². The second kappa shape index (κ2) is 6.55. The van der Waals surface area contributed by atoms with Crippen molar-refractivity contribution in [2.45, 2.75) is 45.0 Å². The molecule has 0 aromatic heterocycles. The Morgan fingerprint density at radius 2 is 1.62 bits per heavy atom. The SMILES string of the molecule is CC(C)OP(=O)(OC(C)C)C(Cl)C[N+](=O)[O-]. The number of rotatable bonds is 7. The lowest BCUT2D eigenvalue weighted by molar-refractivity contribution is -0.477. The standard InChI is InChI=1S/C8H17ClNO5P/c1-6(2)14-16(13,15-7(3)4)8(9)5-10(11)12/h6-8H,5H2,1-4H3. The van der Waals surface area contributed by atoms with E-state index in [1.165, 1.54) is 0 Å². The Morgan fingerprint density at radius 1 is 1.25 bits per heavy atom. The normalized spacial score (nSPS) is 14.4. The number of nitrogens with zero attached hydrogens (tertiary/aromatic N) is 1. The fraction of sp³-hybridized carbons (Fsp3) is 1.00. The van der Waals surface area contributed by atoms with Gasteiger partial charge in [0.05, 0.1) is 12.2 Å². The third-order valence-electron chi connectivity index (χ3n) is 1.36.